The average molecular weight is 373 g/mol. The average Bonchev–Trinajstić information content (AvgIpc) is 2.59. The van der Waals surface area contributed by atoms with Crippen LogP contribution in [0.2, 0.25) is 0 Å². The van der Waals surface area contributed by atoms with Crippen molar-refractivity contribution in [3.05, 3.63) is 58.1 Å². The number of rotatable bonds is 3. The number of hydrogen-bond acceptors (Lipinski definition) is 4. The van der Waals surface area contributed by atoms with Gasteiger partial charge in [-0.2, -0.15) is 0 Å². The number of nitrogens with one attached hydrogen (secondary N) is 1. The first-order chi connectivity index (χ1) is 12.2. The van der Waals surface area contributed by atoms with Crippen LogP contribution < -0.4 is 9.46 Å². The largest absolute Gasteiger partial charge is 0.492 e. The van der Waals surface area contributed by atoms with Crippen molar-refractivity contribution in [2.45, 2.75) is 39.0 Å². The number of sulfonamides is 1. The highest BCUT2D eigenvalue weighted by Crippen LogP contribution is 2.29. The Morgan fingerprint density at radius 2 is 1.69 bits per heavy atom. The fourth-order valence-corrected chi connectivity index (χ4v) is 5.01. The summed E-state index contributed by atoms with van der Waals surface area (Å²) in [4.78, 5) is 12.8. The predicted octanol–water partition coefficient (Wildman–Crippen LogP) is 2.98. The Labute approximate surface area is 154 Å². The first-order valence-corrected chi connectivity index (χ1v) is 10.0. The topological polar surface area (TPSA) is 72.5 Å². The van der Waals surface area contributed by atoms with Crippen molar-refractivity contribution < 1.29 is 17.9 Å². The summed E-state index contributed by atoms with van der Waals surface area (Å²) in [5, 5.41) is 0. The first-order valence-electron chi connectivity index (χ1n) is 8.55. The van der Waals surface area contributed by atoms with Gasteiger partial charge < -0.3 is 4.74 Å². The van der Waals surface area contributed by atoms with Gasteiger partial charge in [-0.25, -0.2) is 13.1 Å². The standard InChI is InChI=1S/C20H23NO4S/c1-12-9-13(2)15(4)19(14(12)3)26(23,24)21-20(22)17-10-16-7-5-6-8-18(16)25-11-17/h5-9,17H,10-11H2,1-4H3,(H,21,22). The van der Waals surface area contributed by atoms with Crippen molar-refractivity contribution in [3.63, 3.8) is 0 Å². The lowest BCUT2D eigenvalue weighted by atomic mass is 9.96. The lowest BCUT2D eigenvalue weighted by Crippen LogP contribution is -2.40. The SMILES string of the molecule is Cc1cc(C)c(C)c(S(=O)(=O)NC(=O)C2COc3ccccc3C2)c1C. The summed E-state index contributed by atoms with van der Waals surface area (Å²) in [5.74, 6) is -0.316. The molecule has 2 aromatic carbocycles. The smallest absolute Gasteiger partial charge is 0.264 e. The lowest BCUT2D eigenvalue weighted by molar-refractivity contribution is -0.124. The van der Waals surface area contributed by atoms with Crippen molar-refractivity contribution in [1.82, 2.24) is 4.72 Å². The third-order valence-electron chi connectivity index (χ3n) is 5.05. The molecule has 1 aliphatic rings. The molecule has 0 aliphatic carbocycles. The number of carbonyl (C=O) groups excluding carboxylic acids is 1. The maximum atomic E-state index is 12.9. The van der Waals surface area contributed by atoms with Crippen LogP contribution in [0.3, 0.4) is 0 Å². The fourth-order valence-electron chi connectivity index (χ4n) is 3.35. The number of ether oxygens (including phenoxy) is 1. The molecule has 26 heavy (non-hydrogen) atoms. The summed E-state index contributed by atoms with van der Waals surface area (Å²) in [6.45, 7) is 7.44. The monoisotopic (exact) mass is 373 g/mol. The van der Waals surface area contributed by atoms with Crippen LogP contribution in [0.25, 0.3) is 0 Å². The van der Waals surface area contributed by atoms with E-state index in [0.29, 0.717) is 17.5 Å². The van der Waals surface area contributed by atoms with E-state index in [1.807, 2.05) is 44.2 Å². The van der Waals surface area contributed by atoms with Crippen LogP contribution in [0.15, 0.2) is 35.2 Å². The van der Waals surface area contributed by atoms with Gasteiger partial charge in [0.15, 0.2) is 0 Å². The molecule has 0 aromatic heterocycles. The summed E-state index contributed by atoms with van der Waals surface area (Å²) in [5.41, 5.74) is 4.01. The predicted molar refractivity (Wildman–Crippen MR) is 99.8 cm³/mol. The molecular weight excluding hydrogens is 350 g/mol. The molecule has 1 aliphatic heterocycles. The molecule has 0 radical (unpaired) electrons. The van der Waals surface area contributed by atoms with Crippen LogP contribution in [0, 0.1) is 33.6 Å². The molecule has 1 atom stereocenters. The summed E-state index contributed by atoms with van der Waals surface area (Å²) >= 11 is 0. The highest BCUT2D eigenvalue weighted by atomic mass is 32.2. The van der Waals surface area contributed by atoms with Crippen LogP contribution >= 0.6 is 0 Å². The number of fused-ring (bicyclic) bond motifs is 1. The minimum absolute atomic E-state index is 0.170. The Morgan fingerprint density at radius 1 is 1.08 bits per heavy atom. The van der Waals surface area contributed by atoms with E-state index >= 15 is 0 Å². The normalized spacial score (nSPS) is 16.5. The molecule has 0 saturated carbocycles. The number of amides is 1. The van der Waals surface area contributed by atoms with Gasteiger partial charge in [-0.15, -0.1) is 0 Å². The highest BCUT2D eigenvalue weighted by molar-refractivity contribution is 7.90. The quantitative estimate of drug-likeness (QED) is 0.898. The zero-order valence-corrected chi connectivity index (χ0v) is 16.2. The summed E-state index contributed by atoms with van der Waals surface area (Å²) < 4.78 is 33.7. The van der Waals surface area contributed by atoms with E-state index in [1.165, 1.54) is 0 Å². The molecule has 138 valence electrons. The van der Waals surface area contributed by atoms with Crippen molar-refractivity contribution in [2.75, 3.05) is 6.61 Å². The number of hydrogen-bond donors (Lipinski definition) is 1. The number of aryl methyl sites for hydroxylation is 2. The molecule has 0 fully saturated rings. The van der Waals surface area contributed by atoms with E-state index in [1.54, 1.807) is 13.8 Å². The molecule has 1 heterocycles. The molecule has 0 saturated heterocycles. The van der Waals surface area contributed by atoms with E-state index in [9.17, 15) is 13.2 Å². The zero-order chi connectivity index (χ0) is 19.1. The van der Waals surface area contributed by atoms with E-state index in [4.69, 9.17) is 4.74 Å². The second-order valence-electron chi connectivity index (χ2n) is 6.88. The maximum absolute atomic E-state index is 12.9. The third kappa shape index (κ3) is 3.33. The van der Waals surface area contributed by atoms with Gasteiger partial charge in [0.25, 0.3) is 10.0 Å². The van der Waals surface area contributed by atoms with E-state index in [2.05, 4.69) is 4.72 Å². The fraction of sp³-hybridized carbons (Fsp3) is 0.350. The summed E-state index contributed by atoms with van der Waals surface area (Å²) in [6.07, 6.45) is 0.461. The molecule has 6 heteroatoms. The van der Waals surface area contributed by atoms with E-state index < -0.39 is 21.8 Å². The number of carbonyl (C=O) groups is 1. The molecular formula is C20H23NO4S. The third-order valence-corrected chi connectivity index (χ3v) is 6.67. The Hall–Kier alpha value is -2.34. The Morgan fingerprint density at radius 3 is 2.35 bits per heavy atom. The summed E-state index contributed by atoms with van der Waals surface area (Å²) in [7, 11) is -3.95. The van der Waals surface area contributed by atoms with Crippen molar-refractivity contribution in [2.24, 2.45) is 5.92 Å². The van der Waals surface area contributed by atoms with Gasteiger partial charge in [-0.05, 0) is 68.0 Å². The number of para-hydroxylation sites is 1. The van der Waals surface area contributed by atoms with Crippen molar-refractivity contribution in [3.8, 4) is 5.75 Å². The Balaban J connectivity index is 1.86. The molecule has 1 unspecified atom stereocenters. The Bertz CT molecular complexity index is 953. The van der Waals surface area contributed by atoms with Crippen LogP contribution in [-0.2, 0) is 21.2 Å². The van der Waals surface area contributed by atoms with Crippen LogP contribution in [0.4, 0.5) is 0 Å². The Kier molecular flexibility index (Phi) is 4.80. The van der Waals surface area contributed by atoms with Crippen LogP contribution in [0.5, 0.6) is 5.75 Å². The van der Waals surface area contributed by atoms with Gasteiger partial charge in [0, 0.05) is 0 Å². The highest BCUT2D eigenvalue weighted by Gasteiger charge is 2.31. The lowest BCUT2D eigenvalue weighted by Gasteiger charge is -2.25. The van der Waals surface area contributed by atoms with Gasteiger partial charge in [-0.1, -0.05) is 24.3 Å². The molecule has 1 N–H and O–H groups in total. The first kappa shape index (κ1) is 18.5. The molecule has 3 rings (SSSR count). The molecule has 5 nitrogen and oxygen atoms in total. The van der Waals surface area contributed by atoms with E-state index in [0.717, 1.165) is 22.4 Å². The molecule has 0 spiro atoms. The molecule has 2 aromatic rings. The maximum Gasteiger partial charge on any atom is 0.264 e. The summed E-state index contributed by atoms with van der Waals surface area (Å²) in [6, 6.07) is 9.44. The second-order valence-corrected chi connectivity index (χ2v) is 8.50. The minimum atomic E-state index is -3.95. The molecule has 1 amide bonds. The van der Waals surface area contributed by atoms with E-state index in [-0.39, 0.29) is 11.5 Å². The van der Waals surface area contributed by atoms with Gasteiger partial charge in [-0.3, -0.25) is 4.79 Å². The van der Waals surface area contributed by atoms with Crippen molar-refractivity contribution in [1.29, 1.82) is 0 Å². The van der Waals surface area contributed by atoms with Crippen LogP contribution in [0.1, 0.15) is 27.8 Å². The van der Waals surface area contributed by atoms with Crippen LogP contribution in [-0.4, -0.2) is 20.9 Å². The van der Waals surface area contributed by atoms with Gasteiger partial charge in [0.2, 0.25) is 5.91 Å². The second kappa shape index (κ2) is 6.76. The minimum Gasteiger partial charge on any atom is -0.492 e. The van der Waals surface area contributed by atoms with Gasteiger partial charge >= 0.3 is 0 Å². The van der Waals surface area contributed by atoms with Gasteiger partial charge in [0.05, 0.1) is 10.8 Å². The van der Waals surface area contributed by atoms with Gasteiger partial charge in [0.1, 0.15) is 12.4 Å². The molecule has 0 bridgehead atoms. The zero-order valence-electron chi connectivity index (χ0n) is 15.4. The number of benzene rings is 2. The van der Waals surface area contributed by atoms with Crippen molar-refractivity contribution >= 4 is 15.9 Å².